The van der Waals surface area contributed by atoms with Crippen LogP contribution in [0.15, 0.2) is 41.1 Å². The maximum absolute atomic E-state index is 14.0. The second kappa shape index (κ2) is 7.19. The van der Waals surface area contributed by atoms with Gasteiger partial charge in [0.25, 0.3) is 5.91 Å². The molecule has 8 heteroatoms. The SMILES string of the molecule is Cc1cc(C)nc(N2C[C@@H]3CCN(C(=O)c4cc(F)ccc4-c4ncco4)C[C@@H]32)n1. The first-order valence-electron chi connectivity index (χ1n) is 10.1. The first kappa shape index (κ1) is 18.7. The Balaban J connectivity index is 1.40. The number of nitrogens with zero attached hydrogens (tertiary/aromatic N) is 5. The van der Waals surface area contributed by atoms with E-state index in [9.17, 15) is 9.18 Å². The summed E-state index contributed by atoms with van der Waals surface area (Å²) in [6.07, 6.45) is 3.85. The van der Waals surface area contributed by atoms with Crippen LogP contribution in [0.1, 0.15) is 28.2 Å². The van der Waals surface area contributed by atoms with Gasteiger partial charge in [-0.25, -0.2) is 19.3 Å². The standard InChI is InChI=1S/C22H22FN5O2/c1-13-9-14(2)26-22(25-13)28-11-15-5-7-27(12-19(15)28)21(29)18-10-16(23)3-4-17(18)20-24-6-8-30-20/h3-4,6,8-10,15,19H,5,7,11-12H2,1-2H3/t15-,19-/m0/s1. The summed E-state index contributed by atoms with van der Waals surface area (Å²) in [7, 11) is 0. The monoisotopic (exact) mass is 407 g/mol. The van der Waals surface area contributed by atoms with Crippen molar-refractivity contribution in [2.75, 3.05) is 24.5 Å². The number of fused-ring (bicyclic) bond motifs is 1. The van der Waals surface area contributed by atoms with Crippen LogP contribution in [0, 0.1) is 25.6 Å². The number of aryl methyl sites for hydroxylation is 2. The van der Waals surface area contributed by atoms with Crippen molar-refractivity contribution in [2.45, 2.75) is 26.3 Å². The van der Waals surface area contributed by atoms with E-state index < -0.39 is 5.82 Å². The van der Waals surface area contributed by atoms with Crippen LogP contribution in [-0.2, 0) is 0 Å². The zero-order valence-electron chi connectivity index (χ0n) is 16.9. The molecule has 0 radical (unpaired) electrons. The van der Waals surface area contributed by atoms with E-state index in [0.29, 0.717) is 36.4 Å². The topological polar surface area (TPSA) is 75.4 Å². The Morgan fingerprint density at radius 1 is 1.17 bits per heavy atom. The summed E-state index contributed by atoms with van der Waals surface area (Å²) >= 11 is 0. The van der Waals surface area contributed by atoms with Crippen molar-refractivity contribution in [3.05, 3.63) is 59.5 Å². The van der Waals surface area contributed by atoms with Crippen molar-refractivity contribution in [1.82, 2.24) is 19.9 Å². The Hall–Kier alpha value is -3.29. The van der Waals surface area contributed by atoms with Crippen LogP contribution in [0.2, 0.25) is 0 Å². The highest BCUT2D eigenvalue weighted by Gasteiger charge is 2.45. The third kappa shape index (κ3) is 3.22. The summed E-state index contributed by atoms with van der Waals surface area (Å²) in [5, 5.41) is 0. The van der Waals surface area contributed by atoms with Crippen molar-refractivity contribution in [1.29, 1.82) is 0 Å². The maximum Gasteiger partial charge on any atom is 0.254 e. The number of carbonyl (C=O) groups is 1. The molecule has 2 saturated heterocycles. The van der Waals surface area contributed by atoms with E-state index in [1.165, 1.54) is 24.6 Å². The first-order valence-corrected chi connectivity index (χ1v) is 10.1. The number of benzene rings is 1. The molecule has 5 rings (SSSR count). The van der Waals surface area contributed by atoms with Gasteiger partial charge in [-0.2, -0.15) is 0 Å². The molecule has 2 aliphatic heterocycles. The van der Waals surface area contributed by atoms with Crippen molar-refractivity contribution < 1.29 is 13.6 Å². The molecule has 1 aromatic carbocycles. The molecule has 2 fully saturated rings. The van der Waals surface area contributed by atoms with Gasteiger partial charge in [-0.3, -0.25) is 4.79 Å². The zero-order valence-corrected chi connectivity index (χ0v) is 16.9. The number of rotatable bonds is 3. The highest BCUT2D eigenvalue weighted by molar-refractivity contribution is 6.00. The Morgan fingerprint density at radius 3 is 2.70 bits per heavy atom. The van der Waals surface area contributed by atoms with E-state index in [0.717, 1.165) is 24.4 Å². The van der Waals surface area contributed by atoms with Crippen LogP contribution < -0.4 is 4.90 Å². The minimum absolute atomic E-state index is 0.169. The van der Waals surface area contributed by atoms with Gasteiger partial charge in [0.05, 0.1) is 23.4 Å². The normalized spacial score (nSPS) is 20.6. The first-order chi connectivity index (χ1) is 14.5. The van der Waals surface area contributed by atoms with Crippen LogP contribution >= 0.6 is 0 Å². The van der Waals surface area contributed by atoms with E-state index in [4.69, 9.17) is 4.42 Å². The fourth-order valence-corrected chi connectivity index (χ4v) is 4.45. The maximum atomic E-state index is 14.0. The highest BCUT2D eigenvalue weighted by atomic mass is 19.1. The number of carbonyl (C=O) groups excluding carboxylic acids is 1. The molecule has 0 bridgehead atoms. The van der Waals surface area contributed by atoms with Crippen molar-refractivity contribution in [3.8, 4) is 11.5 Å². The van der Waals surface area contributed by atoms with Crippen LogP contribution in [0.5, 0.6) is 0 Å². The molecule has 1 amide bonds. The molecule has 0 spiro atoms. The number of amides is 1. The summed E-state index contributed by atoms with van der Waals surface area (Å²) in [4.78, 5) is 30.6. The Bertz CT molecular complexity index is 1080. The Labute approximate surface area is 173 Å². The van der Waals surface area contributed by atoms with E-state index in [2.05, 4.69) is 19.9 Å². The Kier molecular flexibility index (Phi) is 4.49. The second-order valence-corrected chi connectivity index (χ2v) is 8.00. The Morgan fingerprint density at radius 2 is 1.97 bits per heavy atom. The molecule has 0 unspecified atom stereocenters. The highest BCUT2D eigenvalue weighted by Crippen LogP contribution is 2.36. The predicted octanol–water partition coefficient (Wildman–Crippen LogP) is 3.24. The molecule has 0 aliphatic carbocycles. The zero-order chi connectivity index (χ0) is 20.8. The van der Waals surface area contributed by atoms with Gasteiger partial charge in [0.1, 0.15) is 12.1 Å². The minimum Gasteiger partial charge on any atom is -0.445 e. The van der Waals surface area contributed by atoms with Crippen LogP contribution in [-0.4, -0.2) is 51.4 Å². The molecule has 2 aromatic heterocycles. The minimum atomic E-state index is -0.461. The lowest BCUT2D eigenvalue weighted by Gasteiger charge is -2.53. The van der Waals surface area contributed by atoms with Gasteiger partial charge in [0, 0.05) is 36.9 Å². The van der Waals surface area contributed by atoms with E-state index >= 15 is 0 Å². The van der Waals surface area contributed by atoms with Gasteiger partial charge >= 0.3 is 0 Å². The molecular weight excluding hydrogens is 385 g/mol. The summed E-state index contributed by atoms with van der Waals surface area (Å²) in [6, 6.07) is 6.24. The van der Waals surface area contributed by atoms with E-state index in [-0.39, 0.29) is 17.5 Å². The fourth-order valence-electron chi connectivity index (χ4n) is 4.45. The molecule has 4 heterocycles. The molecule has 0 N–H and O–H groups in total. The molecule has 2 aliphatic rings. The lowest BCUT2D eigenvalue weighted by molar-refractivity contribution is 0.0589. The van der Waals surface area contributed by atoms with Crippen LogP contribution in [0.3, 0.4) is 0 Å². The van der Waals surface area contributed by atoms with Gasteiger partial charge in [-0.15, -0.1) is 0 Å². The summed E-state index contributed by atoms with van der Waals surface area (Å²) in [5.74, 6) is 0.861. The number of piperidine rings is 1. The fraction of sp³-hybridized carbons (Fsp3) is 0.364. The summed E-state index contributed by atoms with van der Waals surface area (Å²) < 4.78 is 19.3. The van der Waals surface area contributed by atoms with Gasteiger partial charge in [0.2, 0.25) is 11.8 Å². The second-order valence-electron chi connectivity index (χ2n) is 8.00. The molecule has 2 atom stereocenters. The summed E-state index contributed by atoms with van der Waals surface area (Å²) in [5.41, 5.74) is 2.63. The van der Waals surface area contributed by atoms with Crippen molar-refractivity contribution in [2.24, 2.45) is 5.92 Å². The number of hydrogen-bond donors (Lipinski definition) is 0. The third-order valence-corrected chi connectivity index (χ3v) is 5.94. The largest absolute Gasteiger partial charge is 0.445 e. The molecule has 154 valence electrons. The summed E-state index contributed by atoms with van der Waals surface area (Å²) in [6.45, 7) is 6.02. The van der Waals surface area contributed by atoms with Crippen molar-refractivity contribution >= 4 is 11.9 Å². The van der Waals surface area contributed by atoms with Gasteiger partial charge < -0.3 is 14.2 Å². The average molecular weight is 407 g/mol. The third-order valence-electron chi connectivity index (χ3n) is 5.94. The number of oxazole rings is 1. The van der Waals surface area contributed by atoms with Crippen molar-refractivity contribution in [3.63, 3.8) is 0 Å². The van der Waals surface area contributed by atoms with E-state index in [1.807, 2.05) is 19.9 Å². The molecule has 0 saturated carbocycles. The van der Waals surface area contributed by atoms with Gasteiger partial charge in [-0.1, -0.05) is 0 Å². The number of hydrogen-bond acceptors (Lipinski definition) is 6. The average Bonchev–Trinajstić information content (AvgIpc) is 3.22. The van der Waals surface area contributed by atoms with E-state index in [1.54, 1.807) is 11.0 Å². The lowest BCUT2D eigenvalue weighted by Crippen LogP contribution is -2.65. The van der Waals surface area contributed by atoms with Crippen LogP contribution in [0.4, 0.5) is 10.3 Å². The molecule has 3 aromatic rings. The number of halogens is 1. The lowest BCUT2D eigenvalue weighted by atomic mass is 9.82. The van der Waals surface area contributed by atoms with Gasteiger partial charge in [-0.05, 0) is 44.5 Å². The predicted molar refractivity (Wildman–Crippen MR) is 109 cm³/mol. The number of anilines is 1. The quantitative estimate of drug-likeness (QED) is 0.664. The van der Waals surface area contributed by atoms with Gasteiger partial charge in [0.15, 0.2) is 0 Å². The molecule has 30 heavy (non-hydrogen) atoms. The smallest absolute Gasteiger partial charge is 0.254 e. The molecular formula is C22H22FN5O2. The molecule has 7 nitrogen and oxygen atoms in total. The number of aromatic nitrogens is 3. The number of likely N-dealkylation sites (tertiary alicyclic amines) is 1. The van der Waals surface area contributed by atoms with Crippen LogP contribution in [0.25, 0.3) is 11.5 Å².